The summed E-state index contributed by atoms with van der Waals surface area (Å²) in [7, 11) is 0. The number of hydrazone groups is 1. The standard InChI is InChI=1S/C22H19N3O2/c1-14-7-6-8-18(11-14)24-15(2)12-17(16(24)3)13-23-25-21(26)19-9-4-5-10-20(19)22(25)27/h4-13H,1-3H3/b23-13-. The first-order chi connectivity index (χ1) is 13.0. The first-order valence-electron chi connectivity index (χ1n) is 8.75. The van der Waals surface area contributed by atoms with Crippen LogP contribution >= 0.6 is 0 Å². The molecule has 0 radical (unpaired) electrons. The van der Waals surface area contributed by atoms with E-state index in [9.17, 15) is 9.59 Å². The number of hydrogen-bond acceptors (Lipinski definition) is 3. The molecule has 0 saturated heterocycles. The number of aromatic nitrogens is 1. The molecule has 1 aliphatic heterocycles. The van der Waals surface area contributed by atoms with Crippen LogP contribution in [0.1, 0.15) is 43.2 Å². The first kappa shape index (κ1) is 17.0. The highest BCUT2D eigenvalue weighted by molar-refractivity contribution is 6.21. The molecule has 0 bridgehead atoms. The van der Waals surface area contributed by atoms with Gasteiger partial charge < -0.3 is 4.57 Å². The maximum Gasteiger partial charge on any atom is 0.282 e. The van der Waals surface area contributed by atoms with Crippen LogP contribution in [0, 0.1) is 20.8 Å². The quantitative estimate of drug-likeness (QED) is 0.525. The molecule has 27 heavy (non-hydrogen) atoms. The topological polar surface area (TPSA) is 54.7 Å². The van der Waals surface area contributed by atoms with Gasteiger partial charge in [0.2, 0.25) is 0 Å². The Morgan fingerprint density at radius 3 is 2.15 bits per heavy atom. The summed E-state index contributed by atoms with van der Waals surface area (Å²) < 4.78 is 2.14. The van der Waals surface area contributed by atoms with Crippen molar-refractivity contribution in [1.82, 2.24) is 9.58 Å². The monoisotopic (exact) mass is 357 g/mol. The van der Waals surface area contributed by atoms with Crippen molar-refractivity contribution in [3.05, 3.63) is 88.2 Å². The Balaban J connectivity index is 1.68. The highest BCUT2D eigenvalue weighted by atomic mass is 16.2. The van der Waals surface area contributed by atoms with Gasteiger partial charge in [0.1, 0.15) is 0 Å². The number of fused-ring (bicyclic) bond motifs is 1. The average molecular weight is 357 g/mol. The fourth-order valence-corrected chi connectivity index (χ4v) is 3.48. The highest BCUT2D eigenvalue weighted by Crippen LogP contribution is 2.24. The zero-order valence-corrected chi connectivity index (χ0v) is 15.4. The molecule has 0 unspecified atom stereocenters. The number of amides is 2. The molecule has 4 rings (SSSR count). The molecule has 2 amide bonds. The van der Waals surface area contributed by atoms with Gasteiger partial charge in [-0.15, -0.1) is 0 Å². The molecule has 1 aromatic heterocycles. The molecule has 0 fully saturated rings. The van der Waals surface area contributed by atoms with Crippen molar-refractivity contribution >= 4 is 18.0 Å². The minimum atomic E-state index is -0.389. The Bertz CT molecular complexity index is 1070. The van der Waals surface area contributed by atoms with Crippen LogP contribution in [-0.2, 0) is 0 Å². The van der Waals surface area contributed by atoms with Crippen LogP contribution in [0.25, 0.3) is 5.69 Å². The van der Waals surface area contributed by atoms with Crippen molar-refractivity contribution in [1.29, 1.82) is 0 Å². The van der Waals surface area contributed by atoms with Crippen molar-refractivity contribution in [2.24, 2.45) is 5.10 Å². The first-order valence-corrected chi connectivity index (χ1v) is 8.75. The second kappa shape index (κ2) is 6.36. The van der Waals surface area contributed by atoms with Gasteiger partial charge in [-0.05, 0) is 56.7 Å². The summed E-state index contributed by atoms with van der Waals surface area (Å²) >= 11 is 0. The summed E-state index contributed by atoms with van der Waals surface area (Å²) in [5, 5.41) is 5.13. The van der Waals surface area contributed by atoms with E-state index in [1.54, 1.807) is 30.5 Å². The molecule has 2 aromatic carbocycles. The number of nitrogens with zero attached hydrogens (tertiary/aromatic N) is 3. The molecule has 0 aliphatic carbocycles. The number of carbonyl (C=O) groups excluding carboxylic acids is 2. The molecule has 0 atom stereocenters. The zero-order valence-electron chi connectivity index (χ0n) is 15.4. The van der Waals surface area contributed by atoms with Gasteiger partial charge in [-0.1, -0.05) is 24.3 Å². The van der Waals surface area contributed by atoms with Crippen LogP contribution in [0.2, 0.25) is 0 Å². The molecule has 0 saturated carbocycles. The Labute approximate surface area is 157 Å². The third-order valence-corrected chi connectivity index (χ3v) is 4.82. The summed E-state index contributed by atoms with van der Waals surface area (Å²) in [5.74, 6) is -0.779. The van der Waals surface area contributed by atoms with Gasteiger partial charge in [0.25, 0.3) is 11.8 Å². The fraction of sp³-hybridized carbons (Fsp3) is 0.136. The lowest BCUT2D eigenvalue weighted by Gasteiger charge is -2.10. The number of rotatable bonds is 3. The van der Waals surface area contributed by atoms with Crippen LogP contribution in [0.4, 0.5) is 0 Å². The average Bonchev–Trinajstić information content (AvgIpc) is 3.07. The molecule has 0 spiro atoms. The van der Waals surface area contributed by atoms with Crippen LogP contribution in [0.15, 0.2) is 59.7 Å². The number of imide groups is 1. The Morgan fingerprint density at radius 1 is 0.852 bits per heavy atom. The van der Waals surface area contributed by atoms with Crippen molar-refractivity contribution in [2.75, 3.05) is 0 Å². The van der Waals surface area contributed by atoms with Gasteiger partial charge in [0.15, 0.2) is 0 Å². The largest absolute Gasteiger partial charge is 0.318 e. The minimum absolute atomic E-state index is 0.389. The lowest BCUT2D eigenvalue weighted by atomic mass is 10.1. The van der Waals surface area contributed by atoms with Gasteiger partial charge in [0, 0.05) is 22.6 Å². The molecule has 134 valence electrons. The van der Waals surface area contributed by atoms with E-state index in [2.05, 4.69) is 34.8 Å². The lowest BCUT2D eigenvalue weighted by molar-refractivity contribution is 0.0660. The highest BCUT2D eigenvalue weighted by Gasteiger charge is 2.35. The molecule has 5 nitrogen and oxygen atoms in total. The summed E-state index contributed by atoms with van der Waals surface area (Å²) in [5.41, 5.74) is 5.97. The van der Waals surface area contributed by atoms with Crippen LogP contribution in [-0.4, -0.2) is 27.6 Å². The van der Waals surface area contributed by atoms with Gasteiger partial charge in [-0.2, -0.15) is 10.1 Å². The van der Waals surface area contributed by atoms with Gasteiger partial charge in [-0.3, -0.25) is 9.59 Å². The minimum Gasteiger partial charge on any atom is -0.318 e. The van der Waals surface area contributed by atoms with Crippen molar-refractivity contribution in [3.8, 4) is 5.69 Å². The molecule has 3 aromatic rings. The van der Waals surface area contributed by atoms with Crippen LogP contribution < -0.4 is 0 Å². The normalized spacial score (nSPS) is 13.7. The number of benzene rings is 2. The molecule has 1 aliphatic rings. The predicted molar refractivity (Wildman–Crippen MR) is 105 cm³/mol. The van der Waals surface area contributed by atoms with E-state index in [0.29, 0.717) is 11.1 Å². The SMILES string of the molecule is Cc1cccc(-n2c(C)cc(/C=N\N3C(=O)c4ccccc4C3=O)c2C)c1. The van der Waals surface area contributed by atoms with E-state index in [1.807, 2.05) is 26.0 Å². The Morgan fingerprint density at radius 2 is 1.52 bits per heavy atom. The summed E-state index contributed by atoms with van der Waals surface area (Å²) in [6.45, 7) is 6.08. The second-order valence-corrected chi connectivity index (χ2v) is 6.71. The summed E-state index contributed by atoms with van der Waals surface area (Å²) in [6, 6.07) is 17.0. The molecular formula is C22H19N3O2. The maximum atomic E-state index is 12.4. The molecule has 5 heteroatoms. The van der Waals surface area contributed by atoms with Gasteiger partial charge in [-0.25, -0.2) is 0 Å². The molecule has 2 heterocycles. The lowest BCUT2D eigenvalue weighted by Crippen LogP contribution is -2.24. The third-order valence-electron chi connectivity index (χ3n) is 4.82. The van der Waals surface area contributed by atoms with Crippen molar-refractivity contribution in [3.63, 3.8) is 0 Å². The van der Waals surface area contributed by atoms with E-state index in [1.165, 1.54) is 5.56 Å². The van der Waals surface area contributed by atoms with Crippen molar-refractivity contribution < 1.29 is 9.59 Å². The molecule has 0 N–H and O–H groups in total. The Hall–Kier alpha value is -3.47. The summed E-state index contributed by atoms with van der Waals surface area (Å²) in [4.78, 5) is 24.9. The van der Waals surface area contributed by atoms with Crippen LogP contribution in [0.3, 0.4) is 0 Å². The van der Waals surface area contributed by atoms with E-state index < -0.39 is 0 Å². The van der Waals surface area contributed by atoms with Crippen molar-refractivity contribution in [2.45, 2.75) is 20.8 Å². The van der Waals surface area contributed by atoms with Gasteiger partial charge in [0.05, 0.1) is 17.3 Å². The zero-order chi connectivity index (χ0) is 19.1. The van der Waals surface area contributed by atoms with Gasteiger partial charge >= 0.3 is 0 Å². The number of hydrogen-bond donors (Lipinski definition) is 0. The second-order valence-electron chi connectivity index (χ2n) is 6.71. The predicted octanol–water partition coefficient (Wildman–Crippen LogP) is 4.03. The van der Waals surface area contributed by atoms with Crippen LogP contribution in [0.5, 0.6) is 0 Å². The molecular weight excluding hydrogens is 338 g/mol. The smallest absolute Gasteiger partial charge is 0.282 e. The number of carbonyl (C=O) groups is 2. The fourth-order valence-electron chi connectivity index (χ4n) is 3.48. The number of aryl methyl sites for hydroxylation is 2. The third kappa shape index (κ3) is 2.77. The summed E-state index contributed by atoms with van der Waals surface area (Å²) in [6.07, 6.45) is 1.58. The van der Waals surface area contributed by atoms with E-state index in [0.717, 1.165) is 27.6 Å². The van der Waals surface area contributed by atoms with E-state index in [4.69, 9.17) is 0 Å². The van der Waals surface area contributed by atoms with E-state index in [-0.39, 0.29) is 11.8 Å². The van der Waals surface area contributed by atoms with E-state index >= 15 is 0 Å². The maximum absolute atomic E-state index is 12.4. The Kier molecular flexibility index (Phi) is 4.00.